The average Bonchev–Trinajstić information content (AvgIpc) is 2.39. The highest BCUT2D eigenvalue weighted by atomic mass is 14.1. The summed E-state index contributed by atoms with van der Waals surface area (Å²) in [6.07, 6.45) is 19.6. The zero-order valence-corrected chi connectivity index (χ0v) is 14.2. The Morgan fingerprint density at radius 3 is 1.42 bits per heavy atom. The van der Waals surface area contributed by atoms with Crippen molar-refractivity contribution in [3.8, 4) is 0 Å². The number of hydrogen-bond donors (Lipinski definition) is 0. The highest BCUT2D eigenvalue weighted by molar-refractivity contribution is 4.78. The minimum atomic E-state index is 0.826. The number of hydrogen-bond acceptors (Lipinski definition) is 0. The molecule has 0 aliphatic heterocycles. The maximum absolute atomic E-state index is 2.61. The fourth-order valence-electron chi connectivity index (χ4n) is 2.89. The summed E-state index contributed by atoms with van der Waals surface area (Å²) in [5.74, 6) is 1.65. The lowest BCUT2D eigenvalue weighted by molar-refractivity contribution is 0.451. The summed E-state index contributed by atoms with van der Waals surface area (Å²) in [6, 6.07) is 0. The number of rotatable bonds is 14. The third-order valence-corrected chi connectivity index (χ3v) is 4.18. The number of unbranched alkanes of at least 4 members (excludes halogenated alkanes) is 8. The van der Waals surface area contributed by atoms with Crippen LogP contribution in [-0.2, 0) is 0 Å². The lowest BCUT2D eigenvalue weighted by atomic mass is 9.89. The van der Waals surface area contributed by atoms with Gasteiger partial charge in [0.05, 0.1) is 0 Å². The monoisotopic (exact) mass is 267 g/mol. The maximum Gasteiger partial charge on any atom is -0.0329 e. The molecular weight excluding hydrogens is 228 g/mol. The molecule has 0 heteroatoms. The first kappa shape index (κ1) is 19.0. The fraction of sp³-hybridized carbons (Fsp3) is 0.947. The van der Waals surface area contributed by atoms with Crippen molar-refractivity contribution in [3.63, 3.8) is 0 Å². The largest absolute Gasteiger partial charge is 0.0654 e. The molecule has 2 unspecified atom stereocenters. The van der Waals surface area contributed by atoms with E-state index in [1.165, 1.54) is 77.0 Å². The van der Waals surface area contributed by atoms with E-state index in [4.69, 9.17) is 0 Å². The van der Waals surface area contributed by atoms with Crippen molar-refractivity contribution in [1.82, 2.24) is 0 Å². The third kappa shape index (κ3) is 14.2. The standard InChI is InChI=1S/C19H39/c1-5-7-9-11-12-14-16-19(4)17-18(3)15-13-10-8-6-2/h17-19H,5-16H2,1-4H3. The van der Waals surface area contributed by atoms with Crippen LogP contribution in [0.5, 0.6) is 0 Å². The smallest absolute Gasteiger partial charge is 0.0329 e. The van der Waals surface area contributed by atoms with Crippen molar-refractivity contribution in [2.45, 2.75) is 105 Å². The second kappa shape index (κ2) is 14.4. The molecule has 0 N–H and O–H groups in total. The molecular formula is C19H39. The Balaban J connectivity index is 3.33. The van der Waals surface area contributed by atoms with Crippen molar-refractivity contribution < 1.29 is 0 Å². The van der Waals surface area contributed by atoms with Crippen LogP contribution in [0.1, 0.15) is 105 Å². The first-order chi connectivity index (χ1) is 9.20. The minimum absolute atomic E-state index is 0.826. The van der Waals surface area contributed by atoms with Crippen LogP contribution >= 0.6 is 0 Å². The van der Waals surface area contributed by atoms with Gasteiger partial charge in [0, 0.05) is 0 Å². The molecule has 0 aromatic carbocycles. The highest BCUT2D eigenvalue weighted by Crippen LogP contribution is 2.21. The van der Waals surface area contributed by atoms with Gasteiger partial charge in [0.2, 0.25) is 0 Å². The SMILES string of the molecule is CCCCCCCCC(C)[CH]C(C)CCCCCC. The van der Waals surface area contributed by atoms with Gasteiger partial charge in [-0.25, -0.2) is 0 Å². The van der Waals surface area contributed by atoms with E-state index in [9.17, 15) is 0 Å². The summed E-state index contributed by atoms with van der Waals surface area (Å²) in [7, 11) is 0. The molecule has 0 aliphatic carbocycles. The summed E-state index contributed by atoms with van der Waals surface area (Å²) >= 11 is 0. The predicted molar refractivity (Wildman–Crippen MR) is 89.4 cm³/mol. The summed E-state index contributed by atoms with van der Waals surface area (Å²) in [6.45, 7) is 9.40. The first-order valence-electron chi connectivity index (χ1n) is 9.05. The van der Waals surface area contributed by atoms with Gasteiger partial charge in [-0.3, -0.25) is 0 Å². The van der Waals surface area contributed by atoms with Crippen LogP contribution in [0.25, 0.3) is 0 Å². The Hall–Kier alpha value is 0. The van der Waals surface area contributed by atoms with Crippen molar-refractivity contribution in [2.75, 3.05) is 0 Å². The molecule has 0 heterocycles. The van der Waals surface area contributed by atoms with Gasteiger partial charge in [-0.2, -0.15) is 0 Å². The van der Waals surface area contributed by atoms with Gasteiger partial charge in [-0.1, -0.05) is 105 Å². The van der Waals surface area contributed by atoms with Crippen LogP contribution in [0.3, 0.4) is 0 Å². The second-order valence-electron chi connectivity index (χ2n) is 6.55. The zero-order valence-electron chi connectivity index (χ0n) is 14.2. The van der Waals surface area contributed by atoms with Crippen LogP contribution < -0.4 is 0 Å². The van der Waals surface area contributed by atoms with Gasteiger partial charge in [-0.15, -0.1) is 0 Å². The minimum Gasteiger partial charge on any atom is -0.0654 e. The molecule has 0 rings (SSSR count). The van der Waals surface area contributed by atoms with Crippen molar-refractivity contribution in [2.24, 2.45) is 11.8 Å². The van der Waals surface area contributed by atoms with E-state index >= 15 is 0 Å². The highest BCUT2D eigenvalue weighted by Gasteiger charge is 2.08. The van der Waals surface area contributed by atoms with Gasteiger partial charge in [0.25, 0.3) is 0 Å². The van der Waals surface area contributed by atoms with Crippen molar-refractivity contribution in [3.05, 3.63) is 6.42 Å². The molecule has 0 aromatic heterocycles. The van der Waals surface area contributed by atoms with E-state index in [0.717, 1.165) is 11.8 Å². The average molecular weight is 268 g/mol. The third-order valence-electron chi connectivity index (χ3n) is 4.18. The lowest BCUT2D eigenvalue weighted by Crippen LogP contribution is -2.04. The predicted octanol–water partition coefficient (Wildman–Crippen LogP) is 7.18. The second-order valence-corrected chi connectivity index (χ2v) is 6.55. The van der Waals surface area contributed by atoms with Crippen molar-refractivity contribution in [1.29, 1.82) is 0 Å². The van der Waals surface area contributed by atoms with E-state index in [0.29, 0.717) is 0 Å². The lowest BCUT2D eigenvalue weighted by Gasteiger charge is -2.16. The van der Waals surface area contributed by atoms with E-state index in [2.05, 4.69) is 34.1 Å². The van der Waals surface area contributed by atoms with Gasteiger partial charge >= 0.3 is 0 Å². The summed E-state index contributed by atoms with van der Waals surface area (Å²) < 4.78 is 0. The zero-order chi connectivity index (χ0) is 14.3. The quantitative estimate of drug-likeness (QED) is 0.292. The summed E-state index contributed by atoms with van der Waals surface area (Å²) in [4.78, 5) is 0. The van der Waals surface area contributed by atoms with Crippen LogP contribution in [-0.4, -0.2) is 0 Å². The van der Waals surface area contributed by atoms with E-state index in [-0.39, 0.29) is 0 Å². The molecule has 0 bridgehead atoms. The topological polar surface area (TPSA) is 0 Å². The molecule has 19 heavy (non-hydrogen) atoms. The Kier molecular flexibility index (Phi) is 14.4. The van der Waals surface area contributed by atoms with E-state index in [1.54, 1.807) is 0 Å². The van der Waals surface area contributed by atoms with Crippen LogP contribution in [0.4, 0.5) is 0 Å². The summed E-state index contributed by atoms with van der Waals surface area (Å²) in [5.41, 5.74) is 0. The molecule has 0 aromatic rings. The Morgan fingerprint density at radius 2 is 0.947 bits per heavy atom. The molecule has 1 radical (unpaired) electrons. The molecule has 0 fully saturated rings. The molecule has 0 saturated carbocycles. The van der Waals surface area contributed by atoms with Crippen molar-refractivity contribution >= 4 is 0 Å². The molecule has 0 saturated heterocycles. The molecule has 2 atom stereocenters. The van der Waals surface area contributed by atoms with Gasteiger partial charge < -0.3 is 0 Å². The summed E-state index contributed by atoms with van der Waals surface area (Å²) in [5, 5.41) is 0. The van der Waals surface area contributed by atoms with Gasteiger partial charge in [0.1, 0.15) is 0 Å². The van der Waals surface area contributed by atoms with E-state index < -0.39 is 0 Å². The Labute approximate surface area is 123 Å². The van der Waals surface area contributed by atoms with Gasteiger partial charge in [0.15, 0.2) is 0 Å². The van der Waals surface area contributed by atoms with Gasteiger partial charge in [-0.05, 0) is 18.3 Å². The molecule has 0 spiro atoms. The Bertz CT molecular complexity index is 161. The molecule has 0 nitrogen and oxygen atoms in total. The first-order valence-corrected chi connectivity index (χ1v) is 9.05. The molecule has 0 amide bonds. The van der Waals surface area contributed by atoms with Crippen LogP contribution in [0, 0.1) is 18.3 Å². The normalized spacial score (nSPS) is 14.5. The van der Waals surface area contributed by atoms with E-state index in [1.807, 2.05) is 0 Å². The van der Waals surface area contributed by atoms with Crippen LogP contribution in [0.2, 0.25) is 0 Å². The maximum atomic E-state index is 2.61. The molecule has 115 valence electrons. The molecule has 0 aliphatic rings. The Morgan fingerprint density at radius 1 is 0.579 bits per heavy atom. The van der Waals surface area contributed by atoms with Crippen LogP contribution in [0.15, 0.2) is 0 Å². The fourth-order valence-corrected chi connectivity index (χ4v) is 2.89.